The van der Waals surface area contributed by atoms with Gasteiger partial charge in [-0.05, 0) is 33.4 Å². The average molecular weight is 263 g/mol. The molecular weight excluding hydrogens is 238 g/mol. The van der Waals surface area contributed by atoms with Crippen LogP contribution in [0.3, 0.4) is 0 Å². The minimum Gasteiger partial charge on any atom is -0.375 e. The number of morpholine rings is 1. The lowest BCUT2D eigenvalue weighted by molar-refractivity contribution is 0.0299. The summed E-state index contributed by atoms with van der Waals surface area (Å²) >= 11 is 0. The molecule has 0 bridgehead atoms. The van der Waals surface area contributed by atoms with Crippen LogP contribution in [0.5, 0.6) is 0 Å². The molecule has 0 aromatic carbocycles. The third kappa shape index (κ3) is 3.25. The topological polar surface area (TPSA) is 37.4 Å². The molecule has 4 heteroatoms. The van der Waals surface area contributed by atoms with Gasteiger partial charge in [-0.3, -0.25) is 4.98 Å². The van der Waals surface area contributed by atoms with Crippen molar-refractivity contribution >= 4 is 5.69 Å². The predicted octanol–water partition coefficient (Wildman–Crippen LogP) is 2.11. The molecule has 1 aromatic heterocycles. The van der Waals surface area contributed by atoms with Crippen molar-refractivity contribution in [2.24, 2.45) is 0 Å². The first kappa shape index (κ1) is 14.3. The van der Waals surface area contributed by atoms with Gasteiger partial charge in [-0.25, -0.2) is 0 Å². The van der Waals surface area contributed by atoms with Gasteiger partial charge >= 0.3 is 0 Å². The van der Waals surface area contributed by atoms with Gasteiger partial charge in [0.05, 0.1) is 18.8 Å². The lowest BCUT2D eigenvalue weighted by Gasteiger charge is -2.41. The molecule has 106 valence electrons. The SMILES string of the molecule is CCC1COC(C)CN1c1cc(C)ncc1CNC. The van der Waals surface area contributed by atoms with E-state index in [1.54, 1.807) is 0 Å². The molecule has 19 heavy (non-hydrogen) atoms. The molecule has 0 spiro atoms. The highest BCUT2D eigenvalue weighted by Gasteiger charge is 2.27. The van der Waals surface area contributed by atoms with Crippen LogP contribution in [0.4, 0.5) is 5.69 Å². The number of aromatic nitrogens is 1. The summed E-state index contributed by atoms with van der Waals surface area (Å²) in [5.74, 6) is 0. The zero-order chi connectivity index (χ0) is 13.8. The maximum atomic E-state index is 5.79. The monoisotopic (exact) mass is 263 g/mol. The van der Waals surface area contributed by atoms with E-state index in [9.17, 15) is 0 Å². The molecule has 2 rings (SSSR count). The molecule has 0 saturated carbocycles. The van der Waals surface area contributed by atoms with Crippen LogP contribution in [0, 0.1) is 6.92 Å². The van der Waals surface area contributed by atoms with Crippen molar-refractivity contribution in [2.45, 2.75) is 45.9 Å². The van der Waals surface area contributed by atoms with E-state index in [0.29, 0.717) is 12.1 Å². The molecule has 2 unspecified atom stereocenters. The van der Waals surface area contributed by atoms with E-state index in [1.807, 2.05) is 13.2 Å². The Morgan fingerprint density at radius 3 is 3.00 bits per heavy atom. The Balaban J connectivity index is 2.33. The second-order valence-electron chi connectivity index (χ2n) is 5.34. The van der Waals surface area contributed by atoms with Gasteiger partial charge < -0.3 is 15.0 Å². The first-order chi connectivity index (χ1) is 9.15. The summed E-state index contributed by atoms with van der Waals surface area (Å²) in [7, 11) is 1.98. The van der Waals surface area contributed by atoms with Crippen molar-refractivity contribution in [3.8, 4) is 0 Å². The van der Waals surface area contributed by atoms with Crippen LogP contribution < -0.4 is 10.2 Å². The summed E-state index contributed by atoms with van der Waals surface area (Å²) in [6.07, 6.45) is 3.39. The third-order valence-electron chi connectivity index (χ3n) is 3.71. The average Bonchev–Trinajstić information content (AvgIpc) is 2.41. The van der Waals surface area contributed by atoms with Crippen molar-refractivity contribution in [2.75, 3.05) is 25.1 Å². The number of rotatable bonds is 4. The summed E-state index contributed by atoms with van der Waals surface area (Å²) in [6.45, 7) is 9.05. The summed E-state index contributed by atoms with van der Waals surface area (Å²) in [6, 6.07) is 2.67. The molecule has 0 amide bonds. The Morgan fingerprint density at radius 1 is 1.53 bits per heavy atom. The molecule has 0 radical (unpaired) electrons. The molecule has 1 saturated heterocycles. The fourth-order valence-corrected chi connectivity index (χ4v) is 2.65. The van der Waals surface area contributed by atoms with Crippen molar-refractivity contribution in [3.05, 3.63) is 23.5 Å². The largest absolute Gasteiger partial charge is 0.375 e. The van der Waals surface area contributed by atoms with E-state index in [0.717, 1.165) is 31.8 Å². The van der Waals surface area contributed by atoms with Crippen LogP contribution >= 0.6 is 0 Å². The smallest absolute Gasteiger partial charge is 0.0723 e. The van der Waals surface area contributed by atoms with E-state index in [-0.39, 0.29) is 0 Å². The van der Waals surface area contributed by atoms with Crippen molar-refractivity contribution in [1.29, 1.82) is 0 Å². The Morgan fingerprint density at radius 2 is 2.32 bits per heavy atom. The summed E-state index contributed by atoms with van der Waals surface area (Å²) in [5, 5.41) is 3.23. The van der Waals surface area contributed by atoms with E-state index in [1.165, 1.54) is 11.3 Å². The quantitative estimate of drug-likeness (QED) is 0.903. The summed E-state index contributed by atoms with van der Waals surface area (Å²) in [4.78, 5) is 6.92. The molecule has 1 fully saturated rings. The molecular formula is C15H25N3O. The number of anilines is 1. The Kier molecular flexibility index (Phi) is 4.77. The fraction of sp³-hybridized carbons (Fsp3) is 0.667. The fourth-order valence-electron chi connectivity index (χ4n) is 2.65. The lowest BCUT2D eigenvalue weighted by Crippen LogP contribution is -2.49. The number of pyridine rings is 1. The van der Waals surface area contributed by atoms with Crippen molar-refractivity contribution in [1.82, 2.24) is 10.3 Å². The maximum Gasteiger partial charge on any atom is 0.0723 e. The number of ether oxygens (including phenoxy) is 1. The molecule has 1 aliphatic heterocycles. The van der Waals surface area contributed by atoms with Gasteiger partial charge in [0.1, 0.15) is 0 Å². The van der Waals surface area contributed by atoms with Crippen molar-refractivity contribution < 1.29 is 4.74 Å². The van der Waals surface area contributed by atoms with Gasteiger partial charge in [-0.1, -0.05) is 6.92 Å². The molecule has 0 aliphatic carbocycles. The van der Waals surface area contributed by atoms with Gasteiger partial charge in [0.2, 0.25) is 0 Å². The second-order valence-corrected chi connectivity index (χ2v) is 5.34. The van der Waals surface area contributed by atoms with E-state index >= 15 is 0 Å². The highest BCUT2D eigenvalue weighted by atomic mass is 16.5. The number of aryl methyl sites for hydroxylation is 1. The molecule has 1 aliphatic rings. The first-order valence-electron chi connectivity index (χ1n) is 7.14. The standard InChI is InChI=1S/C15H25N3O/c1-5-14-10-19-12(3)9-18(14)15-6-11(2)17-8-13(15)7-16-4/h6,8,12,14,16H,5,7,9-10H2,1-4H3. The molecule has 2 heterocycles. The Bertz CT molecular complexity index is 422. The second kappa shape index (κ2) is 6.35. The normalized spacial score (nSPS) is 23.7. The number of nitrogens with zero attached hydrogens (tertiary/aromatic N) is 2. The summed E-state index contributed by atoms with van der Waals surface area (Å²) < 4.78 is 5.79. The highest BCUT2D eigenvalue weighted by Crippen LogP contribution is 2.27. The molecule has 1 aromatic rings. The van der Waals surface area contributed by atoms with Crippen LogP contribution in [0.2, 0.25) is 0 Å². The predicted molar refractivity (Wildman–Crippen MR) is 78.6 cm³/mol. The van der Waals surface area contributed by atoms with Gasteiger partial charge in [0, 0.05) is 36.2 Å². The number of hydrogen-bond acceptors (Lipinski definition) is 4. The molecule has 1 N–H and O–H groups in total. The van der Waals surface area contributed by atoms with Crippen molar-refractivity contribution in [3.63, 3.8) is 0 Å². The van der Waals surface area contributed by atoms with E-state index in [2.05, 4.69) is 42.0 Å². The van der Waals surface area contributed by atoms with Gasteiger partial charge in [0.15, 0.2) is 0 Å². The van der Waals surface area contributed by atoms with Crippen LogP contribution in [0.25, 0.3) is 0 Å². The number of hydrogen-bond donors (Lipinski definition) is 1. The minimum atomic E-state index is 0.290. The molecule has 4 nitrogen and oxygen atoms in total. The van der Waals surface area contributed by atoms with Gasteiger partial charge in [0.25, 0.3) is 0 Å². The van der Waals surface area contributed by atoms with Crippen LogP contribution in [-0.4, -0.2) is 37.3 Å². The Labute approximate surface area is 116 Å². The van der Waals surface area contributed by atoms with Gasteiger partial charge in [-0.2, -0.15) is 0 Å². The summed E-state index contributed by atoms with van der Waals surface area (Å²) in [5.41, 5.74) is 3.65. The first-order valence-corrected chi connectivity index (χ1v) is 7.14. The lowest BCUT2D eigenvalue weighted by atomic mass is 10.1. The van der Waals surface area contributed by atoms with Crippen LogP contribution in [0.1, 0.15) is 31.5 Å². The zero-order valence-corrected chi connectivity index (χ0v) is 12.4. The third-order valence-corrected chi connectivity index (χ3v) is 3.71. The van der Waals surface area contributed by atoms with Gasteiger partial charge in [-0.15, -0.1) is 0 Å². The number of nitrogens with one attached hydrogen (secondary N) is 1. The van der Waals surface area contributed by atoms with E-state index in [4.69, 9.17) is 4.74 Å². The highest BCUT2D eigenvalue weighted by molar-refractivity contribution is 5.55. The maximum absolute atomic E-state index is 5.79. The zero-order valence-electron chi connectivity index (χ0n) is 12.4. The van der Waals surface area contributed by atoms with Crippen LogP contribution in [0.15, 0.2) is 12.3 Å². The Hall–Kier alpha value is -1.13. The van der Waals surface area contributed by atoms with Crippen LogP contribution in [-0.2, 0) is 11.3 Å². The molecule has 2 atom stereocenters. The van der Waals surface area contributed by atoms with E-state index < -0.39 is 0 Å². The minimum absolute atomic E-state index is 0.290.